The maximum absolute atomic E-state index is 11.8. The Labute approximate surface area is 134 Å². The lowest BCUT2D eigenvalue weighted by atomic mass is 10.3. The van der Waals surface area contributed by atoms with Crippen molar-refractivity contribution in [1.29, 1.82) is 0 Å². The molecule has 3 aromatic rings. The Balaban J connectivity index is 1.61. The lowest BCUT2D eigenvalue weighted by molar-refractivity contribution is 0.0922. The highest BCUT2D eigenvalue weighted by Gasteiger charge is 2.14. The van der Waals surface area contributed by atoms with E-state index in [0.717, 1.165) is 9.75 Å². The molecule has 0 bridgehead atoms. The lowest BCUT2D eigenvalue weighted by Crippen LogP contribution is -2.27. The zero-order chi connectivity index (χ0) is 14.7. The van der Waals surface area contributed by atoms with Crippen LogP contribution in [0.1, 0.15) is 20.7 Å². The minimum atomic E-state index is -0.673. The second-order valence-corrected chi connectivity index (χ2v) is 7.39. The van der Waals surface area contributed by atoms with E-state index < -0.39 is 6.10 Å². The zero-order valence-electron chi connectivity index (χ0n) is 11.0. The fourth-order valence-corrected chi connectivity index (χ4v) is 4.34. The van der Waals surface area contributed by atoms with E-state index in [-0.39, 0.29) is 12.5 Å². The molecule has 0 aliphatic heterocycles. The van der Waals surface area contributed by atoms with Crippen molar-refractivity contribution in [3.8, 4) is 9.75 Å². The van der Waals surface area contributed by atoms with E-state index in [2.05, 4.69) is 11.4 Å². The monoisotopic (exact) mass is 335 g/mol. The quantitative estimate of drug-likeness (QED) is 0.740. The number of hydrogen-bond acceptors (Lipinski definition) is 5. The summed E-state index contributed by atoms with van der Waals surface area (Å²) in [5, 5.41) is 16.8. The molecule has 6 heteroatoms. The first kappa shape index (κ1) is 14.5. The topological polar surface area (TPSA) is 49.3 Å². The van der Waals surface area contributed by atoms with Crippen LogP contribution in [0.4, 0.5) is 0 Å². The summed E-state index contributed by atoms with van der Waals surface area (Å²) in [4.78, 5) is 15.7. The van der Waals surface area contributed by atoms with Gasteiger partial charge in [0.25, 0.3) is 5.91 Å². The molecule has 108 valence electrons. The van der Waals surface area contributed by atoms with Crippen molar-refractivity contribution < 1.29 is 9.90 Å². The largest absolute Gasteiger partial charge is 0.386 e. The molecule has 0 unspecified atom stereocenters. The fourth-order valence-electron chi connectivity index (χ4n) is 1.87. The maximum atomic E-state index is 11.8. The number of aliphatic hydroxyl groups is 1. The number of carbonyl (C=O) groups is 1. The van der Waals surface area contributed by atoms with Crippen molar-refractivity contribution in [2.75, 3.05) is 6.54 Å². The van der Waals surface area contributed by atoms with Crippen molar-refractivity contribution in [3.63, 3.8) is 0 Å². The van der Waals surface area contributed by atoms with Gasteiger partial charge in [0.05, 0.1) is 4.88 Å². The highest BCUT2D eigenvalue weighted by Crippen LogP contribution is 2.33. The van der Waals surface area contributed by atoms with Crippen molar-refractivity contribution in [3.05, 3.63) is 56.9 Å². The van der Waals surface area contributed by atoms with Gasteiger partial charge in [0.2, 0.25) is 0 Å². The third-order valence-corrected chi connectivity index (χ3v) is 6.04. The first-order chi connectivity index (χ1) is 10.2. The molecule has 0 aliphatic rings. The SMILES string of the molecule is O=C(NC[C@@H](O)c1ccc(-c2cccs2)s1)c1cccs1. The average molecular weight is 335 g/mol. The molecule has 21 heavy (non-hydrogen) atoms. The van der Waals surface area contributed by atoms with Gasteiger partial charge in [0.1, 0.15) is 6.10 Å². The first-order valence-corrected chi connectivity index (χ1v) is 8.95. The second kappa shape index (κ2) is 6.53. The molecule has 2 N–H and O–H groups in total. The van der Waals surface area contributed by atoms with Crippen molar-refractivity contribution in [2.24, 2.45) is 0 Å². The van der Waals surface area contributed by atoms with E-state index in [1.807, 2.05) is 35.0 Å². The van der Waals surface area contributed by atoms with E-state index >= 15 is 0 Å². The summed E-state index contributed by atoms with van der Waals surface area (Å²) >= 11 is 4.63. The van der Waals surface area contributed by atoms with Crippen molar-refractivity contribution in [2.45, 2.75) is 6.10 Å². The predicted molar refractivity (Wildman–Crippen MR) is 89.2 cm³/mol. The number of nitrogens with one attached hydrogen (secondary N) is 1. The molecular weight excluding hydrogens is 322 g/mol. The van der Waals surface area contributed by atoms with Gasteiger partial charge in [-0.15, -0.1) is 34.0 Å². The van der Waals surface area contributed by atoms with Crippen LogP contribution in [-0.2, 0) is 0 Å². The van der Waals surface area contributed by atoms with Gasteiger partial charge in [0, 0.05) is 21.2 Å². The van der Waals surface area contributed by atoms with Gasteiger partial charge >= 0.3 is 0 Å². The molecule has 3 nitrogen and oxygen atoms in total. The lowest BCUT2D eigenvalue weighted by Gasteiger charge is -2.09. The Morgan fingerprint density at radius 2 is 1.90 bits per heavy atom. The van der Waals surface area contributed by atoms with Gasteiger partial charge in [-0.1, -0.05) is 12.1 Å². The molecule has 0 saturated carbocycles. The first-order valence-electron chi connectivity index (χ1n) is 6.37. The molecule has 0 fully saturated rings. The molecule has 3 aromatic heterocycles. The highest BCUT2D eigenvalue weighted by atomic mass is 32.1. The van der Waals surface area contributed by atoms with Gasteiger partial charge in [-0.25, -0.2) is 0 Å². The highest BCUT2D eigenvalue weighted by molar-refractivity contribution is 7.21. The summed E-state index contributed by atoms with van der Waals surface area (Å²) < 4.78 is 0. The van der Waals surface area contributed by atoms with Crippen LogP contribution in [0.2, 0.25) is 0 Å². The van der Waals surface area contributed by atoms with Crippen LogP contribution in [-0.4, -0.2) is 17.6 Å². The molecule has 0 radical (unpaired) electrons. The van der Waals surface area contributed by atoms with Crippen LogP contribution in [0, 0.1) is 0 Å². The van der Waals surface area contributed by atoms with Gasteiger partial charge in [-0.05, 0) is 35.0 Å². The summed E-state index contributed by atoms with van der Waals surface area (Å²) in [5.74, 6) is -0.140. The van der Waals surface area contributed by atoms with Crippen molar-refractivity contribution in [1.82, 2.24) is 5.32 Å². The average Bonchev–Trinajstić information content (AvgIpc) is 3.25. The van der Waals surface area contributed by atoms with E-state index in [0.29, 0.717) is 4.88 Å². The van der Waals surface area contributed by atoms with Crippen LogP contribution in [0.5, 0.6) is 0 Å². The number of hydrogen-bond donors (Lipinski definition) is 2. The number of thiophene rings is 3. The summed E-state index contributed by atoms with van der Waals surface area (Å²) in [6, 6.07) is 11.6. The summed E-state index contributed by atoms with van der Waals surface area (Å²) in [6.07, 6.45) is -0.673. The predicted octanol–water partition coefficient (Wildman–Crippen LogP) is 4.00. The van der Waals surface area contributed by atoms with Gasteiger partial charge in [-0.2, -0.15) is 0 Å². The smallest absolute Gasteiger partial charge is 0.261 e. The van der Waals surface area contributed by atoms with Crippen LogP contribution >= 0.6 is 34.0 Å². The minimum Gasteiger partial charge on any atom is -0.386 e. The number of amides is 1. The molecule has 0 spiro atoms. The van der Waals surface area contributed by atoms with Crippen LogP contribution in [0.15, 0.2) is 47.2 Å². The summed E-state index contributed by atoms with van der Waals surface area (Å²) in [5.41, 5.74) is 0. The molecule has 3 heterocycles. The van der Waals surface area contributed by atoms with Crippen LogP contribution < -0.4 is 5.32 Å². The Morgan fingerprint density at radius 1 is 1.10 bits per heavy atom. The van der Waals surface area contributed by atoms with E-state index in [9.17, 15) is 9.90 Å². The Hall–Kier alpha value is -1.47. The van der Waals surface area contributed by atoms with E-state index in [1.54, 1.807) is 28.7 Å². The summed E-state index contributed by atoms with van der Waals surface area (Å²) in [6.45, 7) is 0.223. The number of aliphatic hydroxyl groups excluding tert-OH is 1. The van der Waals surface area contributed by atoms with Crippen LogP contribution in [0.25, 0.3) is 9.75 Å². The van der Waals surface area contributed by atoms with Crippen LogP contribution in [0.3, 0.4) is 0 Å². The second-order valence-electron chi connectivity index (χ2n) is 4.38. The minimum absolute atomic E-state index is 0.140. The summed E-state index contributed by atoms with van der Waals surface area (Å²) in [7, 11) is 0. The van der Waals surface area contributed by atoms with Gasteiger partial charge in [0.15, 0.2) is 0 Å². The van der Waals surface area contributed by atoms with E-state index in [1.165, 1.54) is 16.2 Å². The molecule has 0 saturated heterocycles. The Kier molecular flexibility index (Phi) is 4.50. The fraction of sp³-hybridized carbons (Fsp3) is 0.133. The maximum Gasteiger partial charge on any atom is 0.261 e. The normalized spacial score (nSPS) is 12.2. The third kappa shape index (κ3) is 3.41. The molecule has 3 rings (SSSR count). The van der Waals surface area contributed by atoms with E-state index in [4.69, 9.17) is 0 Å². The van der Waals surface area contributed by atoms with Gasteiger partial charge < -0.3 is 10.4 Å². The number of rotatable bonds is 5. The molecular formula is C15H13NO2S3. The molecule has 1 amide bonds. The molecule has 0 aliphatic carbocycles. The van der Waals surface area contributed by atoms with Gasteiger partial charge in [-0.3, -0.25) is 4.79 Å². The standard InChI is InChI=1S/C15H13NO2S3/c17-10(9-16-15(18)14-4-2-8-20-14)11-5-6-13(21-11)12-3-1-7-19-12/h1-8,10,17H,9H2,(H,16,18)/t10-/m1/s1. The van der Waals surface area contributed by atoms with Crippen molar-refractivity contribution >= 4 is 39.9 Å². The molecule has 0 aromatic carbocycles. The molecule has 1 atom stereocenters. The Bertz CT molecular complexity index is 701. The zero-order valence-corrected chi connectivity index (χ0v) is 13.4. The Morgan fingerprint density at radius 3 is 2.62 bits per heavy atom. The third-order valence-electron chi connectivity index (χ3n) is 2.92. The number of carbonyl (C=O) groups excluding carboxylic acids is 1.